The molecule has 1 fully saturated rings. The van der Waals surface area contributed by atoms with E-state index in [2.05, 4.69) is 0 Å². The fourth-order valence-electron chi connectivity index (χ4n) is 3.41. The van der Waals surface area contributed by atoms with E-state index in [1.165, 1.54) is 0 Å². The van der Waals surface area contributed by atoms with Crippen molar-refractivity contribution in [1.29, 1.82) is 0 Å². The molecule has 1 heterocycles. The van der Waals surface area contributed by atoms with E-state index in [-0.39, 0.29) is 25.1 Å². The molecule has 0 unspecified atom stereocenters. The molecule has 0 amide bonds. The van der Waals surface area contributed by atoms with Crippen molar-refractivity contribution in [3.63, 3.8) is 0 Å². The highest BCUT2D eigenvalue weighted by molar-refractivity contribution is 5.26. The minimum Gasteiger partial charge on any atom is -0.497 e. The van der Waals surface area contributed by atoms with Crippen molar-refractivity contribution in [2.75, 3.05) is 27.4 Å². The first kappa shape index (κ1) is 22.5. The third-order valence-electron chi connectivity index (χ3n) is 5.05. The normalized spacial score (nSPS) is 21.7. The molecule has 3 atom stereocenters. The van der Waals surface area contributed by atoms with E-state index in [0.29, 0.717) is 26.2 Å². The largest absolute Gasteiger partial charge is 0.497 e. The van der Waals surface area contributed by atoms with Gasteiger partial charge in [-0.1, -0.05) is 48.5 Å². The summed E-state index contributed by atoms with van der Waals surface area (Å²) in [6.45, 7) is 1.17. The van der Waals surface area contributed by atoms with Crippen LogP contribution in [0, 0.1) is 0 Å². The Morgan fingerprint density at radius 3 is 2.43 bits per heavy atom. The van der Waals surface area contributed by atoms with Crippen LogP contribution in [0.2, 0.25) is 0 Å². The number of aliphatic hydroxyl groups excluding tert-OH is 1. The second-order valence-electron chi connectivity index (χ2n) is 7.10. The second-order valence-corrected chi connectivity index (χ2v) is 7.10. The van der Waals surface area contributed by atoms with Gasteiger partial charge in [0.25, 0.3) is 0 Å². The lowest BCUT2D eigenvalue weighted by Gasteiger charge is -2.22. The Morgan fingerprint density at radius 2 is 1.77 bits per heavy atom. The molecule has 0 bridgehead atoms. The molecular formula is C24H30O6. The highest BCUT2D eigenvalue weighted by atomic mass is 16.7. The summed E-state index contributed by atoms with van der Waals surface area (Å²) in [5.41, 5.74) is 2.99. The Balaban J connectivity index is 1.60. The average Bonchev–Trinajstić information content (AvgIpc) is 3.21. The molecule has 2 aromatic carbocycles. The van der Waals surface area contributed by atoms with Crippen LogP contribution in [0.15, 0.2) is 66.2 Å². The molecule has 3 rings (SSSR count). The van der Waals surface area contributed by atoms with Gasteiger partial charge in [0.15, 0.2) is 6.29 Å². The van der Waals surface area contributed by atoms with Gasteiger partial charge in [0, 0.05) is 13.5 Å². The van der Waals surface area contributed by atoms with E-state index < -0.39 is 0 Å². The van der Waals surface area contributed by atoms with Crippen molar-refractivity contribution in [2.45, 2.75) is 38.1 Å². The van der Waals surface area contributed by atoms with Crippen LogP contribution in [-0.2, 0) is 32.2 Å². The van der Waals surface area contributed by atoms with Gasteiger partial charge < -0.3 is 28.8 Å². The van der Waals surface area contributed by atoms with E-state index in [1.54, 1.807) is 20.3 Å². The SMILES string of the molecule is COc1ccc(COC/C(=C\CO)[C@H]2O[C@H](OC)C[C@H]2OCc2ccccc2)cc1. The average molecular weight is 414 g/mol. The third-order valence-corrected chi connectivity index (χ3v) is 5.05. The predicted octanol–water partition coefficient (Wildman–Crippen LogP) is 3.48. The fourth-order valence-corrected chi connectivity index (χ4v) is 3.41. The van der Waals surface area contributed by atoms with Crippen molar-refractivity contribution in [3.8, 4) is 5.75 Å². The summed E-state index contributed by atoms with van der Waals surface area (Å²) < 4.78 is 28.7. The molecule has 30 heavy (non-hydrogen) atoms. The van der Waals surface area contributed by atoms with Crippen molar-refractivity contribution in [1.82, 2.24) is 0 Å². The molecule has 0 spiro atoms. The van der Waals surface area contributed by atoms with Crippen LogP contribution in [0.4, 0.5) is 0 Å². The summed E-state index contributed by atoms with van der Waals surface area (Å²) in [5.74, 6) is 0.808. The van der Waals surface area contributed by atoms with Crippen molar-refractivity contribution in [3.05, 3.63) is 77.4 Å². The zero-order valence-electron chi connectivity index (χ0n) is 17.5. The maximum Gasteiger partial charge on any atom is 0.160 e. The van der Waals surface area contributed by atoms with Crippen LogP contribution >= 0.6 is 0 Å². The molecule has 6 heteroatoms. The number of hydrogen-bond donors (Lipinski definition) is 1. The number of aliphatic hydroxyl groups is 1. The van der Waals surface area contributed by atoms with Gasteiger partial charge in [0.1, 0.15) is 11.9 Å². The minimum atomic E-state index is -0.348. The monoisotopic (exact) mass is 414 g/mol. The standard InChI is InChI=1S/C24H30O6/c1-26-21-10-8-19(9-11-21)15-28-17-20(12-13-25)24-22(14-23(27-2)30-24)29-16-18-6-4-3-5-7-18/h3-12,22-25H,13-17H2,1-2H3/b20-12+/t22-,23+,24-/m1/s1. The first-order valence-corrected chi connectivity index (χ1v) is 10.1. The van der Waals surface area contributed by atoms with Crippen molar-refractivity contribution in [2.24, 2.45) is 0 Å². The van der Waals surface area contributed by atoms with Gasteiger partial charge in [0.05, 0.1) is 39.6 Å². The molecule has 1 N–H and O–H groups in total. The van der Waals surface area contributed by atoms with Gasteiger partial charge in [-0.3, -0.25) is 0 Å². The summed E-state index contributed by atoms with van der Waals surface area (Å²) in [6.07, 6.45) is 1.49. The van der Waals surface area contributed by atoms with E-state index >= 15 is 0 Å². The Hall–Kier alpha value is -2.22. The van der Waals surface area contributed by atoms with Crippen molar-refractivity contribution < 1.29 is 28.8 Å². The van der Waals surface area contributed by atoms with E-state index in [4.69, 9.17) is 23.7 Å². The maximum absolute atomic E-state index is 9.51. The molecule has 0 radical (unpaired) electrons. The molecule has 162 valence electrons. The summed E-state index contributed by atoms with van der Waals surface area (Å²) in [7, 11) is 3.26. The molecular weight excluding hydrogens is 384 g/mol. The molecule has 0 aliphatic carbocycles. The smallest absolute Gasteiger partial charge is 0.160 e. The fraction of sp³-hybridized carbons (Fsp3) is 0.417. The summed E-state index contributed by atoms with van der Waals surface area (Å²) >= 11 is 0. The lowest BCUT2D eigenvalue weighted by Crippen LogP contribution is -2.29. The molecule has 0 aromatic heterocycles. The Morgan fingerprint density at radius 1 is 1.03 bits per heavy atom. The number of hydrogen-bond acceptors (Lipinski definition) is 6. The van der Waals surface area contributed by atoms with E-state index in [9.17, 15) is 5.11 Å². The Kier molecular flexibility index (Phi) is 8.86. The number of rotatable bonds is 11. The number of ether oxygens (including phenoxy) is 5. The molecule has 1 aliphatic heterocycles. The van der Waals surface area contributed by atoms with Crippen LogP contribution in [0.1, 0.15) is 17.5 Å². The predicted molar refractivity (Wildman–Crippen MR) is 113 cm³/mol. The quantitative estimate of drug-likeness (QED) is 0.568. The van der Waals surface area contributed by atoms with Crippen molar-refractivity contribution >= 4 is 0 Å². The van der Waals surface area contributed by atoms with Gasteiger partial charge in [-0.15, -0.1) is 0 Å². The minimum absolute atomic E-state index is 0.0931. The summed E-state index contributed by atoms with van der Waals surface area (Å²) in [5, 5.41) is 9.51. The molecule has 1 saturated heterocycles. The van der Waals surface area contributed by atoms with Crippen LogP contribution in [-0.4, -0.2) is 51.0 Å². The van der Waals surface area contributed by atoms with E-state index in [0.717, 1.165) is 22.4 Å². The topological polar surface area (TPSA) is 66.4 Å². The molecule has 1 aliphatic rings. The van der Waals surface area contributed by atoms with Crippen LogP contribution in [0.25, 0.3) is 0 Å². The highest BCUT2D eigenvalue weighted by Gasteiger charge is 2.38. The van der Waals surface area contributed by atoms with Gasteiger partial charge in [-0.2, -0.15) is 0 Å². The Labute approximate surface area is 178 Å². The number of benzene rings is 2. The van der Waals surface area contributed by atoms with Gasteiger partial charge in [-0.25, -0.2) is 0 Å². The van der Waals surface area contributed by atoms with Gasteiger partial charge in [0.2, 0.25) is 0 Å². The van der Waals surface area contributed by atoms with Gasteiger partial charge >= 0.3 is 0 Å². The van der Waals surface area contributed by atoms with Crippen LogP contribution in [0.5, 0.6) is 5.75 Å². The van der Waals surface area contributed by atoms with Crippen LogP contribution < -0.4 is 4.74 Å². The maximum atomic E-state index is 9.51. The van der Waals surface area contributed by atoms with Crippen LogP contribution in [0.3, 0.4) is 0 Å². The zero-order valence-corrected chi connectivity index (χ0v) is 17.5. The zero-order chi connectivity index (χ0) is 21.2. The lowest BCUT2D eigenvalue weighted by atomic mass is 10.0. The summed E-state index contributed by atoms with van der Waals surface area (Å²) in [6, 6.07) is 17.8. The molecule has 0 saturated carbocycles. The van der Waals surface area contributed by atoms with E-state index in [1.807, 2.05) is 54.6 Å². The van der Waals surface area contributed by atoms with Gasteiger partial charge in [-0.05, 0) is 28.8 Å². The first-order chi connectivity index (χ1) is 14.7. The molecule has 6 nitrogen and oxygen atoms in total. The molecule has 2 aromatic rings. The highest BCUT2D eigenvalue weighted by Crippen LogP contribution is 2.30. The number of methoxy groups -OCH3 is 2. The third kappa shape index (κ3) is 6.39. The second kappa shape index (κ2) is 11.8. The Bertz CT molecular complexity index is 774. The lowest BCUT2D eigenvalue weighted by molar-refractivity contribution is -0.112. The first-order valence-electron chi connectivity index (χ1n) is 10.1. The summed E-state index contributed by atoms with van der Waals surface area (Å²) in [4.78, 5) is 0.